The van der Waals surface area contributed by atoms with Crippen molar-refractivity contribution in [2.24, 2.45) is 0 Å². The number of benzene rings is 3. The molecule has 0 aromatic heterocycles. The van der Waals surface area contributed by atoms with E-state index < -0.39 is 24.2 Å². The summed E-state index contributed by atoms with van der Waals surface area (Å²) >= 11 is 0. The minimum atomic E-state index is -4.66. The summed E-state index contributed by atoms with van der Waals surface area (Å²) in [7, 11) is 0. The first-order chi connectivity index (χ1) is 23.6. The summed E-state index contributed by atoms with van der Waals surface area (Å²) in [6, 6.07) is 19.0. The van der Waals surface area contributed by atoms with Gasteiger partial charge in [-0.2, -0.15) is 13.2 Å². The van der Waals surface area contributed by atoms with E-state index in [1.54, 1.807) is 36.4 Å². The second-order valence-corrected chi connectivity index (χ2v) is 12.4. The van der Waals surface area contributed by atoms with E-state index in [2.05, 4.69) is 6.92 Å². The Bertz CT molecular complexity index is 1420. The molecule has 1 unspecified atom stereocenters. The molecule has 0 heterocycles. The van der Waals surface area contributed by atoms with Gasteiger partial charge in [0.25, 0.3) is 0 Å². The van der Waals surface area contributed by atoms with Gasteiger partial charge >= 0.3 is 24.1 Å². The van der Waals surface area contributed by atoms with Crippen LogP contribution < -0.4 is 9.47 Å². The Labute approximate surface area is 288 Å². The number of hydrogen-bond donors (Lipinski definition) is 0. The Kier molecular flexibility index (Phi) is 16.9. The van der Waals surface area contributed by atoms with Crippen LogP contribution in [0.15, 0.2) is 72.8 Å². The van der Waals surface area contributed by atoms with E-state index >= 15 is 0 Å². The normalized spacial score (nSPS) is 11.9. The van der Waals surface area contributed by atoms with Crippen LogP contribution in [0, 0.1) is 0 Å². The van der Waals surface area contributed by atoms with Crippen LogP contribution in [-0.4, -0.2) is 30.2 Å². The fourth-order valence-electron chi connectivity index (χ4n) is 5.38. The molecule has 0 N–H and O–H groups in total. The van der Waals surface area contributed by atoms with E-state index in [9.17, 15) is 27.6 Å². The lowest BCUT2D eigenvalue weighted by molar-refractivity contribution is -0.206. The van der Waals surface area contributed by atoms with Crippen LogP contribution in [0.2, 0.25) is 0 Å². The Morgan fingerprint density at radius 1 is 0.551 bits per heavy atom. The summed E-state index contributed by atoms with van der Waals surface area (Å²) in [5, 5.41) is 0. The number of alkyl halides is 3. The topological polar surface area (TPSA) is 78.9 Å². The van der Waals surface area contributed by atoms with Crippen molar-refractivity contribution in [2.45, 2.75) is 122 Å². The van der Waals surface area contributed by atoms with Crippen LogP contribution in [0.4, 0.5) is 13.2 Å². The average molecular weight is 683 g/mol. The Morgan fingerprint density at radius 3 is 1.49 bits per heavy atom. The predicted octanol–water partition coefficient (Wildman–Crippen LogP) is 11.5. The lowest BCUT2D eigenvalue weighted by Gasteiger charge is -2.20. The Hall–Kier alpha value is -4.14. The lowest BCUT2D eigenvalue weighted by atomic mass is 10.0. The highest BCUT2D eigenvalue weighted by Crippen LogP contribution is 2.29. The van der Waals surface area contributed by atoms with Crippen molar-refractivity contribution >= 4 is 17.9 Å². The third-order valence-electron chi connectivity index (χ3n) is 8.23. The molecule has 0 fully saturated rings. The van der Waals surface area contributed by atoms with Gasteiger partial charge in [0.05, 0.1) is 11.1 Å². The lowest BCUT2D eigenvalue weighted by Crippen LogP contribution is -2.33. The highest BCUT2D eigenvalue weighted by atomic mass is 19.4. The summed E-state index contributed by atoms with van der Waals surface area (Å²) < 4.78 is 56.5. The van der Waals surface area contributed by atoms with Crippen LogP contribution in [0.25, 0.3) is 11.1 Å². The maximum atomic E-state index is 13.6. The molecule has 0 aliphatic heterocycles. The first kappa shape index (κ1) is 39.3. The standard InChI is InChI=1S/C40H49F3O6/c1-3-5-6-7-8-9-10-11-12-13-14-15-17-36(40(41,42)43)49-39(46)33-24-28-35(29-25-33)48-38(45)32-20-18-30(19-21-32)31-22-26-34(27-23-31)47-37(44)16-4-2/h18-29,36H,3-17H2,1-2H3. The van der Waals surface area contributed by atoms with Gasteiger partial charge < -0.3 is 14.2 Å². The monoisotopic (exact) mass is 682 g/mol. The zero-order valence-electron chi connectivity index (χ0n) is 28.7. The van der Waals surface area contributed by atoms with Crippen molar-refractivity contribution in [1.29, 1.82) is 0 Å². The largest absolute Gasteiger partial charge is 0.449 e. The molecule has 3 aromatic rings. The van der Waals surface area contributed by atoms with Crippen LogP contribution in [0.3, 0.4) is 0 Å². The second-order valence-electron chi connectivity index (χ2n) is 12.4. The molecule has 266 valence electrons. The minimum absolute atomic E-state index is 0.0701. The first-order valence-corrected chi connectivity index (χ1v) is 17.6. The van der Waals surface area contributed by atoms with E-state index in [1.165, 1.54) is 62.8 Å². The number of carbonyl (C=O) groups excluding carboxylic acids is 3. The van der Waals surface area contributed by atoms with E-state index in [-0.39, 0.29) is 29.3 Å². The van der Waals surface area contributed by atoms with Gasteiger partial charge in [-0.15, -0.1) is 0 Å². The molecule has 0 bridgehead atoms. The average Bonchev–Trinajstić information content (AvgIpc) is 3.08. The van der Waals surface area contributed by atoms with Gasteiger partial charge in [0.2, 0.25) is 0 Å². The number of esters is 3. The van der Waals surface area contributed by atoms with Crippen molar-refractivity contribution in [2.75, 3.05) is 0 Å². The summed E-state index contributed by atoms with van der Waals surface area (Å²) in [6.07, 6.45) is 6.61. The molecule has 3 aromatic carbocycles. The number of rotatable bonds is 21. The molecule has 0 amide bonds. The SMILES string of the molecule is CCCCCCCCCCCCCCC(OC(=O)c1ccc(OC(=O)c2ccc(-c3ccc(OC(=O)CCC)cc3)cc2)cc1)C(F)(F)F. The van der Waals surface area contributed by atoms with Crippen molar-refractivity contribution in [3.8, 4) is 22.6 Å². The maximum absolute atomic E-state index is 13.6. The van der Waals surface area contributed by atoms with E-state index in [0.717, 1.165) is 36.8 Å². The Balaban J connectivity index is 1.42. The highest BCUT2D eigenvalue weighted by molar-refractivity contribution is 5.92. The summed E-state index contributed by atoms with van der Waals surface area (Å²) in [6.45, 7) is 4.10. The fraction of sp³-hybridized carbons (Fsp3) is 0.475. The molecule has 0 saturated carbocycles. The van der Waals surface area contributed by atoms with Gasteiger partial charge in [-0.05, 0) is 78.9 Å². The maximum Gasteiger partial charge on any atom is 0.425 e. The summed E-state index contributed by atoms with van der Waals surface area (Å²) in [5.41, 5.74) is 1.91. The third kappa shape index (κ3) is 14.5. The predicted molar refractivity (Wildman–Crippen MR) is 185 cm³/mol. The van der Waals surface area contributed by atoms with Crippen LogP contribution in [0.5, 0.6) is 11.5 Å². The summed E-state index contributed by atoms with van der Waals surface area (Å²) in [4.78, 5) is 37.0. The van der Waals surface area contributed by atoms with Crippen molar-refractivity contribution in [3.63, 3.8) is 0 Å². The van der Waals surface area contributed by atoms with Crippen LogP contribution in [-0.2, 0) is 9.53 Å². The van der Waals surface area contributed by atoms with E-state index in [0.29, 0.717) is 31.4 Å². The zero-order valence-corrected chi connectivity index (χ0v) is 28.7. The van der Waals surface area contributed by atoms with Crippen LogP contribution in [0.1, 0.15) is 131 Å². The Morgan fingerprint density at radius 2 is 0.980 bits per heavy atom. The number of halogens is 3. The van der Waals surface area contributed by atoms with Crippen molar-refractivity contribution in [1.82, 2.24) is 0 Å². The molecule has 0 spiro atoms. The molecular weight excluding hydrogens is 633 g/mol. The molecule has 9 heteroatoms. The molecule has 0 aliphatic carbocycles. The van der Waals surface area contributed by atoms with Gasteiger partial charge in [-0.3, -0.25) is 4.79 Å². The molecule has 1 atom stereocenters. The van der Waals surface area contributed by atoms with Gasteiger partial charge in [-0.1, -0.05) is 109 Å². The van der Waals surface area contributed by atoms with E-state index in [4.69, 9.17) is 14.2 Å². The minimum Gasteiger partial charge on any atom is -0.449 e. The molecule has 0 saturated heterocycles. The van der Waals surface area contributed by atoms with Crippen molar-refractivity contribution < 1.29 is 41.8 Å². The molecule has 3 rings (SSSR count). The van der Waals surface area contributed by atoms with Gasteiger partial charge in [-0.25, -0.2) is 9.59 Å². The third-order valence-corrected chi connectivity index (χ3v) is 8.23. The smallest absolute Gasteiger partial charge is 0.425 e. The summed E-state index contributed by atoms with van der Waals surface area (Å²) in [5.74, 6) is -1.43. The number of ether oxygens (including phenoxy) is 3. The molecule has 6 nitrogen and oxygen atoms in total. The van der Waals surface area contributed by atoms with Gasteiger partial charge in [0.15, 0.2) is 6.10 Å². The first-order valence-electron chi connectivity index (χ1n) is 17.6. The van der Waals surface area contributed by atoms with Gasteiger partial charge in [0.1, 0.15) is 11.5 Å². The molecule has 0 aliphatic rings. The molecule has 0 radical (unpaired) electrons. The van der Waals surface area contributed by atoms with E-state index in [1.807, 2.05) is 19.1 Å². The highest BCUT2D eigenvalue weighted by Gasteiger charge is 2.42. The van der Waals surface area contributed by atoms with Crippen molar-refractivity contribution in [3.05, 3.63) is 83.9 Å². The second kappa shape index (κ2) is 21.1. The molecule has 49 heavy (non-hydrogen) atoms. The zero-order chi connectivity index (χ0) is 35.5. The van der Waals surface area contributed by atoms with Crippen LogP contribution >= 0.6 is 0 Å². The number of unbranched alkanes of at least 4 members (excludes halogenated alkanes) is 11. The fourth-order valence-corrected chi connectivity index (χ4v) is 5.38. The number of hydrogen-bond acceptors (Lipinski definition) is 6. The van der Waals surface area contributed by atoms with Gasteiger partial charge in [0, 0.05) is 6.42 Å². The number of carbonyl (C=O) groups is 3. The molecular formula is C40H49F3O6. The quantitative estimate of drug-likeness (QED) is 0.0632.